The highest BCUT2D eigenvalue weighted by Crippen LogP contribution is 2.22. The lowest BCUT2D eigenvalue weighted by Gasteiger charge is -2.29. The first-order valence-electron chi connectivity index (χ1n) is 7.94. The van der Waals surface area contributed by atoms with Gasteiger partial charge in [0.05, 0.1) is 17.5 Å². The van der Waals surface area contributed by atoms with E-state index in [1.54, 1.807) is 0 Å². The molecular formula is C16H25N3O3S. The minimum atomic E-state index is -2.90. The van der Waals surface area contributed by atoms with Crippen LogP contribution in [0.3, 0.4) is 0 Å². The van der Waals surface area contributed by atoms with Gasteiger partial charge in [0.1, 0.15) is 0 Å². The Hall–Kier alpha value is -1.60. The van der Waals surface area contributed by atoms with E-state index in [1.807, 2.05) is 43.0 Å². The van der Waals surface area contributed by atoms with Crippen LogP contribution in [0.4, 0.5) is 11.4 Å². The van der Waals surface area contributed by atoms with Gasteiger partial charge < -0.3 is 16.0 Å². The van der Waals surface area contributed by atoms with Crippen molar-refractivity contribution in [3.05, 3.63) is 24.3 Å². The van der Waals surface area contributed by atoms with Crippen LogP contribution in [0.25, 0.3) is 0 Å². The van der Waals surface area contributed by atoms with Gasteiger partial charge in [-0.15, -0.1) is 0 Å². The molecule has 0 aliphatic carbocycles. The molecule has 2 rings (SSSR count). The molecule has 0 saturated carbocycles. The lowest BCUT2D eigenvalue weighted by Crippen LogP contribution is -2.41. The van der Waals surface area contributed by atoms with Crippen LogP contribution >= 0.6 is 0 Å². The lowest BCUT2D eigenvalue weighted by atomic mass is 9.99. The van der Waals surface area contributed by atoms with E-state index in [1.165, 1.54) is 0 Å². The molecule has 1 saturated heterocycles. The van der Waals surface area contributed by atoms with Crippen molar-refractivity contribution in [2.45, 2.75) is 26.3 Å². The summed E-state index contributed by atoms with van der Waals surface area (Å²) in [4.78, 5) is 14.2. The molecule has 0 aromatic heterocycles. The van der Waals surface area contributed by atoms with Gasteiger partial charge in [-0.05, 0) is 24.1 Å². The van der Waals surface area contributed by atoms with Gasteiger partial charge in [-0.1, -0.05) is 26.3 Å². The van der Waals surface area contributed by atoms with Gasteiger partial charge in [-0.2, -0.15) is 0 Å². The Kier molecular flexibility index (Phi) is 5.64. The zero-order valence-electron chi connectivity index (χ0n) is 13.7. The minimum Gasteiger partial charge on any atom is -0.369 e. The maximum Gasteiger partial charge on any atom is 0.241 e. The summed E-state index contributed by atoms with van der Waals surface area (Å²) in [6, 6.07) is 6.90. The summed E-state index contributed by atoms with van der Waals surface area (Å²) >= 11 is 0. The number of benzene rings is 1. The molecule has 1 aliphatic rings. The number of hydrogen-bond acceptors (Lipinski definition) is 5. The van der Waals surface area contributed by atoms with Gasteiger partial charge in [-0.25, -0.2) is 8.42 Å². The first-order chi connectivity index (χ1) is 10.8. The highest BCUT2D eigenvalue weighted by molar-refractivity contribution is 7.91. The predicted molar refractivity (Wildman–Crippen MR) is 93.4 cm³/mol. The van der Waals surface area contributed by atoms with Crippen molar-refractivity contribution < 1.29 is 13.2 Å². The molecular weight excluding hydrogens is 314 g/mol. The standard InChI is InChI=1S/C16H25N3O3S/c1-3-12(2)15(17)16(20)18-13-5-4-6-14(11-13)19-7-9-23(21,22)10-8-19/h4-6,11-12,15H,3,7-10,17H2,1-2H3,(H,18,20). The molecule has 1 aliphatic heterocycles. The summed E-state index contributed by atoms with van der Waals surface area (Å²) in [5, 5.41) is 2.84. The maximum atomic E-state index is 12.2. The highest BCUT2D eigenvalue weighted by atomic mass is 32.2. The summed E-state index contributed by atoms with van der Waals surface area (Å²) in [6.45, 7) is 4.91. The van der Waals surface area contributed by atoms with Gasteiger partial charge in [-0.3, -0.25) is 4.79 Å². The molecule has 3 N–H and O–H groups in total. The Balaban J connectivity index is 2.04. The van der Waals surface area contributed by atoms with E-state index in [2.05, 4.69) is 5.32 Å². The van der Waals surface area contributed by atoms with Crippen molar-refractivity contribution >= 4 is 27.1 Å². The number of hydrogen-bond donors (Lipinski definition) is 2. The summed E-state index contributed by atoms with van der Waals surface area (Å²) in [7, 11) is -2.90. The van der Waals surface area contributed by atoms with E-state index in [9.17, 15) is 13.2 Å². The zero-order valence-corrected chi connectivity index (χ0v) is 14.5. The first-order valence-corrected chi connectivity index (χ1v) is 9.76. The van der Waals surface area contributed by atoms with Crippen molar-refractivity contribution in [3.63, 3.8) is 0 Å². The average Bonchev–Trinajstić information content (AvgIpc) is 2.53. The van der Waals surface area contributed by atoms with Crippen molar-refractivity contribution in [1.29, 1.82) is 0 Å². The van der Waals surface area contributed by atoms with Crippen LogP contribution in [0.2, 0.25) is 0 Å². The van der Waals surface area contributed by atoms with E-state index >= 15 is 0 Å². The number of anilines is 2. The summed E-state index contributed by atoms with van der Waals surface area (Å²) in [5.74, 6) is 0.258. The molecule has 1 heterocycles. The molecule has 0 spiro atoms. The topological polar surface area (TPSA) is 92.5 Å². The number of carbonyl (C=O) groups is 1. The molecule has 0 radical (unpaired) electrons. The molecule has 23 heavy (non-hydrogen) atoms. The molecule has 1 amide bonds. The van der Waals surface area contributed by atoms with Crippen LogP contribution in [0, 0.1) is 5.92 Å². The molecule has 2 atom stereocenters. The van der Waals surface area contributed by atoms with Gasteiger partial charge in [0, 0.05) is 24.5 Å². The number of sulfone groups is 1. The average molecular weight is 339 g/mol. The van der Waals surface area contributed by atoms with Crippen LogP contribution in [0.1, 0.15) is 20.3 Å². The number of amides is 1. The van der Waals surface area contributed by atoms with Crippen molar-refractivity contribution in [1.82, 2.24) is 0 Å². The van der Waals surface area contributed by atoms with Crippen LogP contribution < -0.4 is 16.0 Å². The monoisotopic (exact) mass is 339 g/mol. The second-order valence-corrected chi connectivity index (χ2v) is 8.39. The highest BCUT2D eigenvalue weighted by Gasteiger charge is 2.22. The van der Waals surface area contributed by atoms with Gasteiger partial charge in [0.25, 0.3) is 0 Å². The van der Waals surface area contributed by atoms with E-state index in [-0.39, 0.29) is 23.3 Å². The fourth-order valence-electron chi connectivity index (χ4n) is 2.49. The Labute approximate surface area is 138 Å². The second kappa shape index (κ2) is 7.31. The number of carbonyl (C=O) groups excluding carboxylic acids is 1. The number of rotatable bonds is 5. The van der Waals surface area contributed by atoms with E-state index < -0.39 is 15.9 Å². The predicted octanol–water partition coefficient (Wildman–Crippen LogP) is 1.23. The maximum absolute atomic E-state index is 12.2. The molecule has 1 fully saturated rings. The van der Waals surface area contributed by atoms with Gasteiger partial charge in [0.15, 0.2) is 9.84 Å². The van der Waals surface area contributed by atoms with Crippen molar-refractivity contribution in [3.8, 4) is 0 Å². The fourth-order valence-corrected chi connectivity index (χ4v) is 3.69. The SMILES string of the molecule is CCC(C)C(N)C(=O)Nc1cccc(N2CCS(=O)(=O)CC2)c1. The Morgan fingerprint density at radius 3 is 2.61 bits per heavy atom. The first kappa shape index (κ1) is 17.7. The van der Waals surface area contributed by atoms with Crippen LogP contribution in [-0.4, -0.2) is 45.0 Å². The molecule has 6 nitrogen and oxygen atoms in total. The molecule has 0 bridgehead atoms. The minimum absolute atomic E-state index is 0.116. The molecule has 7 heteroatoms. The third kappa shape index (κ3) is 4.68. The van der Waals surface area contributed by atoms with E-state index in [0.717, 1.165) is 12.1 Å². The summed E-state index contributed by atoms with van der Waals surface area (Å²) < 4.78 is 23.0. The number of nitrogens with one attached hydrogen (secondary N) is 1. The largest absolute Gasteiger partial charge is 0.369 e. The second-order valence-electron chi connectivity index (χ2n) is 6.09. The third-order valence-corrected chi connectivity index (χ3v) is 5.99. The smallest absolute Gasteiger partial charge is 0.241 e. The Morgan fingerprint density at radius 1 is 1.35 bits per heavy atom. The molecule has 1 aromatic carbocycles. The van der Waals surface area contributed by atoms with Crippen LogP contribution in [0.5, 0.6) is 0 Å². The quantitative estimate of drug-likeness (QED) is 0.842. The Bertz CT molecular complexity index is 646. The van der Waals surface area contributed by atoms with Crippen LogP contribution in [-0.2, 0) is 14.6 Å². The van der Waals surface area contributed by atoms with Gasteiger partial charge >= 0.3 is 0 Å². The lowest BCUT2D eigenvalue weighted by molar-refractivity contribution is -0.118. The van der Waals surface area contributed by atoms with Crippen molar-refractivity contribution in [2.24, 2.45) is 11.7 Å². The summed E-state index contributed by atoms with van der Waals surface area (Å²) in [6.07, 6.45) is 0.844. The molecule has 128 valence electrons. The van der Waals surface area contributed by atoms with Gasteiger partial charge in [0.2, 0.25) is 5.91 Å². The third-order valence-electron chi connectivity index (χ3n) is 4.38. The zero-order chi connectivity index (χ0) is 17.0. The number of nitrogens with two attached hydrogens (primary N) is 1. The van der Waals surface area contributed by atoms with E-state index in [4.69, 9.17) is 5.73 Å². The van der Waals surface area contributed by atoms with E-state index in [0.29, 0.717) is 18.8 Å². The fraction of sp³-hybridized carbons (Fsp3) is 0.562. The molecule has 1 aromatic rings. The van der Waals surface area contributed by atoms with Crippen molar-refractivity contribution in [2.75, 3.05) is 34.8 Å². The summed E-state index contributed by atoms with van der Waals surface area (Å²) in [5.41, 5.74) is 7.53. The van der Waals surface area contributed by atoms with Crippen LogP contribution in [0.15, 0.2) is 24.3 Å². The normalized spacial score (nSPS) is 19.9. The molecule has 2 unspecified atom stereocenters. The number of nitrogens with zero attached hydrogens (tertiary/aromatic N) is 1. The Morgan fingerprint density at radius 2 is 2.00 bits per heavy atom.